The van der Waals surface area contributed by atoms with Gasteiger partial charge in [0, 0.05) is 0 Å². The summed E-state index contributed by atoms with van der Waals surface area (Å²) in [5.74, 6) is -1.59. The number of nitrogens with one attached hydrogen (secondary N) is 1. The van der Waals surface area contributed by atoms with Crippen LogP contribution in [0.5, 0.6) is 5.75 Å². The highest BCUT2D eigenvalue weighted by Crippen LogP contribution is 2.44. The molecule has 1 N–H and O–H groups in total. The van der Waals surface area contributed by atoms with Gasteiger partial charge in [-0.1, -0.05) is 13.8 Å². The van der Waals surface area contributed by atoms with E-state index in [0.29, 0.717) is 31.3 Å². The van der Waals surface area contributed by atoms with Crippen molar-refractivity contribution in [3.8, 4) is 5.75 Å². The molecule has 0 aliphatic heterocycles. The Bertz CT molecular complexity index is 411. The summed E-state index contributed by atoms with van der Waals surface area (Å²) in [6.07, 6.45) is -11.5. The molecular formula is C12H14F7NO. The van der Waals surface area contributed by atoms with Gasteiger partial charge in [-0.05, 0) is 31.3 Å². The highest BCUT2D eigenvalue weighted by molar-refractivity contribution is 5.23. The van der Waals surface area contributed by atoms with E-state index in [0.717, 1.165) is 5.32 Å². The van der Waals surface area contributed by atoms with Gasteiger partial charge in [-0.15, -0.1) is 0 Å². The Kier molecular flexibility index (Phi) is 6.47. The number of halogens is 7. The average molecular weight is 321 g/mol. The van der Waals surface area contributed by atoms with Gasteiger partial charge < -0.3 is 4.74 Å². The topological polar surface area (TPSA) is 21.3 Å². The van der Waals surface area contributed by atoms with E-state index in [1.807, 2.05) is 13.8 Å². The lowest BCUT2D eigenvalue weighted by molar-refractivity contribution is -0.366. The minimum absolute atomic E-state index is 0.463. The van der Waals surface area contributed by atoms with Crippen molar-refractivity contribution in [3.63, 3.8) is 0 Å². The second-order valence-corrected chi connectivity index (χ2v) is 3.48. The van der Waals surface area contributed by atoms with Gasteiger partial charge >= 0.3 is 18.1 Å². The second-order valence-electron chi connectivity index (χ2n) is 3.48. The first kappa shape index (κ1) is 19.5. The smallest absolute Gasteiger partial charge is 0.452 e. The second kappa shape index (κ2) is 6.97. The van der Waals surface area contributed by atoms with Crippen molar-refractivity contribution in [1.29, 1.82) is 0 Å². The molecule has 0 heterocycles. The van der Waals surface area contributed by atoms with Crippen molar-refractivity contribution >= 4 is 0 Å². The zero-order chi connectivity index (χ0) is 16.9. The van der Waals surface area contributed by atoms with Crippen LogP contribution in [0.3, 0.4) is 0 Å². The average Bonchev–Trinajstić information content (AvgIpc) is 2.37. The standard InChI is InChI=1S/C10H8F7NO.C2H6/c1-18-8(9(12,13)14,10(15,16)17)19-7-4-2-6(11)3-5-7;1-2/h2-5,18H,1H3;1-2H3. The number of hydrogen-bond acceptors (Lipinski definition) is 2. The zero-order valence-corrected chi connectivity index (χ0v) is 11.4. The number of alkyl halides is 6. The maximum absolute atomic E-state index is 12.7. The Labute approximate surface area is 116 Å². The predicted molar refractivity (Wildman–Crippen MR) is 62.3 cm³/mol. The Morgan fingerprint density at radius 3 is 1.52 bits per heavy atom. The van der Waals surface area contributed by atoms with Crippen molar-refractivity contribution < 1.29 is 35.5 Å². The minimum atomic E-state index is -5.76. The lowest BCUT2D eigenvalue weighted by atomic mass is 10.2. The van der Waals surface area contributed by atoms with Crippen molar-refractivity contribution in [1.82, 2.24) is 5.32 Å². The zero-order valence-electron chi connectivity index (χ0n) is 11.4. The largest absolute Gasteiger partial charge is 0.455 e. The van der Waals surface area contributed by atoms with E-state index in [2.05, 4.69) is 4.74 Å². The SMILES string of the molecule is CC.CNC(Oc1ccc(F)cc1)(C(F)(F)F)C(F)(F)F. The lowest BCUT2D eigenvalue weighted by Crippen LogP contribution is -2.69. The predicted octanol–water partition coefficient (Wildman–Crippen LogP) is 4.27. The minimum Gasteiger partial charge on any atom is -0.455 e. The van der Waals surface area contributed by atoms with Gasteiger partial charge in [0.1, 0.15) is 11.6 Å². The molecule has 0 saturated heterocycles. The molecule has 0 saturated carbocycles. The highest BCUT2D eigenvalue weighted by Gasteiger charge is 2.73. The summed E-state index contributed by atoms with van der Waals surface area (Å²) in [6.45, 7) is 4.00. The Hall–Kier alpha value is -1.51. The first-order valence-corrected chi connectivity index (χ1v) is 5.80. The summed E-state index contributed by atoms with van der Waals surface area (Å²) in [6, 6.07) is 2.70. The van der Waals surface area contributed by atoms with Crippen molar-refractivity contribution in [3.05, 3.63) is 30.1 Å². The van der Waals surface area contributed by atoms with E-state index in [1.165, 1.54) is 0 Å². The summed E-state index contributed by atoms with van der Waals surface area (Å²) >= 11 is 0. The maximum Gasteiger partial charge on any atom is 0.452 e. The summed E-state index contributed by atoms with van der Waals surface area (Å²) in [5.41, 5.74) is -4.56. The van der Waals surface area contributed by atoms with Crippen LogP contribution in [0.15, 0.2) is 24.3 Å². The molecule has 2 nitrogen and oxygen atoms in total. The molecule has 0 aliphatic carbocycles. The van der Waals surface area contributed by atoms with Crippen molar-refractivity contribution in [2.45, 2.75) is 31.9 Å². The third-order valence-electron chi connectivity index (χ3n) is 2.24. The molecule has 0 unspecified atom stereocenters. The number of rotatable bonds is 3. The third kappa shape index (κ3) is 4.23. The van der Waals surface area contributed by atoms with Crippen LogP contribution in [0.2, 0.25) is 0 Å². The fourth-order valence-corrected chi connectivity index (χ4v) is 1.29. The van der Waals surface area contributed by atoms with E-state index < -0.39 is 29.6 Å². The summed E-state index contributed by atoms with van der Waals surface area (Å²) in [5, 5.41) is 1.09. The number of benzene rings is 1. The molecule has 1 aromatic carbocycles. The molecule has 0 atom stereocenters. The molecule has 0 amide bonds. The number of hydrogen-bond donors (Lipinski definition) is 1. The van der Waals surface area contributed by atoms with Gasteiger partial charge in [0.05, 0.1) is 0 Å². The van der Waals surface area contributed by atoms with Gasteiger partial charge in [0.15, 0.2) is 0 Å². The van der Waals surface area contributed by atoms with Crippen LogP contribution in [0, 0.1) is 5.82 Å². The highest BCUT2D eigenvalue weighted by atomic mass is 19.4. The van der Waals surface area contributed by atoms with Gasteiger partial charge in [-0.3, -0.25) is 5.32 Å². The van der Waals surface area contributed by atoms with E-state index in [-0.39, 0.29) is 0 Å². The van der Waals surface area contributed by atoms with Crippen LogP contribution in [0.4, 0.5) is 30.7 Å². The first-order valence-electron chi connectivity index (χ1n) is 5.80. The van der Waals surface area contributed by atoms with Crippen LogP contribution < -0.4 is 10.1 Å². The van der Waals surface area contributed by atoms with E-state index in [9.17, 15) is 30.7 Å². The molecule has 21 heavy (non-hydrogen) atoms. The fourth-order valence-electron chi connectivity index (χ4n) is 1.29. The molecule has 0 fully saturated rings. The van der Waals surface area contributed by atoms with Crippen LogP contribution in [-0.4, -0.2) is 25.1 Å². The van der Waals surface area contributed by atoms with E-state index >= 15 is 0 Å². The summed E-state index contributed by atoms with van der Waals surface area (Å²) in [7, 11) is 0.463. The van der Waals surface area contributed by atoms with Gasteiger partial charge in [0.25, 0.3) is 0 Å². The lowest BCUT2D eigenvalue weighted by Gasteiger charge is -2.36. The molecule has 1 aromatic rings. The first-order chi connectivity index (χ1) is 9.53. The molecule has 9 heteroatoms. The number of ether oxygens (including phenoxy) is 1. The molecular weight excluding hydrogens is 307 g/mol. The molecule has 0 spiro atoms. The Morgan fingerprint density at radius 1 is 0.857 bits per heavy atom. The Balaban J connectivity index is 0.00000191. The molecule has 0 aromatic heterocycles. The molecule has 0 bridgehead atoms. The quantitative estimate of drug-likeness (QED) is 0.663. The molecule has 1 rings (SSSR count). The van der Waals surface area contributed by atoms with Crippen LogP contribution in [-0.2, 0) is 0 Å². The van der Waals surface area contributed by atoms with Crippen LogP contribution in [0.1, 0.15) is 13.8 Å². The Morgan fingerprint density at radius 2 is 1.24 bits per heavy atom. The van der Waals surface area contributed by atoms with Gasteiger partial charge in [0.2, 0.25) is 0 Å². The fraction of sp³-hybridized carbons (Fsp3) is 0.500. The van der Waals surface area contributed by atoms with Crippen molar-refractivity contribution in [2.75, 3.05) is 7.05 Å². The molecule has 0 aliphatic rings. The third-order valence-corrected chi connectivity index (χ3v) is 2.24. The van der Waals surface area contributed by atoms with Gasteiger partial charge in [-0.25, -0.2) is 4.39 Å². The normalized spacial score (nSPS) is 12.5. The van der Waals surface area contributed by atoms with Crippen molar-refractivity contribution in [2.24, 2.45) is 0 Å². The van der Waals surface area contributed by atoms with Gasteiger partial charge in [-0.2, -0.15) is 26.3 Å². The van der Waals surface area contributed by atoms with E-state index in [1.54, 1.807) is 0 Å². The maximum atomic E-state index is 12.7. The summed E-state index contributed by atoms with van der Waals surface area (Å²) in [4.78, 5) is 0. The van der Waals surface area contributed by atoms with Crippen LogP contribution >= 0.6 is 0 Å². The van der Waals surface area contributed by atoms with Crippen LogP contribution in [0.25, 0.3) is 0 Å². The monoisotopic (exact) mass is 321 g/mol. The summed E-state index contributed by atoms with van der Waals surface area (Å²) < 4.78 is 92.5. The van der Waals surface area contributed by atoms with E-state index in [4.69, 9.17) is 0 Å². The molecule has 0 radical (unpaired) electrons. The molecule has 122 valence electrons.